The van der Waals surface area contributed by atoms with Crippen LogP contribution in [0.4, 0.5) is 0 Å². The van der Waals surface area contributed by atoms with Gasteiger partial charge in [-0.1, -0.05) is 0 Å². The lowest BCUT2D eigenvalue weighted by Gasteiger charge is -2.28. The van der Waals surface area contributed by atoms with E-state index >= 15 is 0 Å². The smallest absolute Gasteiger partial charge is 0.323 e. The number of carbonyl (C=O) groups is 3. The molecule has 1 atom stereocenters. The average molecular weight is 432 g/mol. The third-order valence-corrected chi connectivity index (χ3v) is 2.27. The largest absolute Gasteiger partial charge is 0.756 e. The lowest BCUT2D eigenvalue weighted by atomic mass is 10.2. The van der Waals surface area contributed by atoms with Crippen LogP contribution in [0.25, 0.3) is 0 Å². The predicted octanol–water partition coefficient (Wildman–Crippen LogP) is -2.57. The highest BCUT2D eigenvalue weighted by molar-refractivity contribution is 7.43. The first-order valence-electron chi connectivity index (χ1n) is 7.47. The molecule has 0 aliphatic rings. The van der Waals surface area contributed by atoms with Crippen LogP contribution in [0, 0.1) is 5.41 Å². The Morgan fingerprint density at radius 2 is 1.61 bits per heavy atom. The molecule has 14 nitrogen and oxygen atoms in total. The van der Waals surface area contributed by atoms with Gasteiger partial charge in [0.05, 0.1) is 27.6 Å². The second-order valence-electron chi connectivity index (χ2n) is 6.43. The molecule has 0 saturated heterocycles. The van der Waals surface area contributed by atoms with E-state index in [1.165, 1.54) is 14.0 Å². The minimum absolute atomic E-state index is 0.144. The highest BCUT2D eigenvalue weighted by Gasteiger charge is 2.23. The molecule has 0 aromatic rings. The van der Waals surface area contributed by atoms with Crippen molar-refractivity contribution in [2.75, 3.05) is 41.3 Å². The van der Waals surface area contributed by atoms with Crippen molar-refractivity contribution >= 4 is 31.7 Å². The number of hydrogen-bond acceptors (Lipinski definition) is 7. The van der Waals surface area contributed by atoms with Crippen molar-refractivity contribution < 1.29 is 53.1 Å². The number of guanidine groups is 1. The third-order valence-electron chi connectivity index (χ3n) is 2.27. The summed E-state index contributed by atoms with van der Waals surface area (Å²) >= 11 is 0. The fraction of sp³-hybridized carbons (Fsp3) is 0.692. The van der Waals surface area contributed by atoms with Gasteiger partial charge in [-0.3, -0.25) is 24.4 Å². The van der Waals surface area contributed by atoms with Gasteiger partial charge < -0.3 is 44.7 Å². The number of phosphoric acid groups is 1. The van der Waals surface area contributed by atoms with E-state index in [0.717, 1.165) is 4.90 Å². The first-order chi connectivity index (χ1) is 12.2. The van der Waals surface area contributed by atoms with Gasteiger partial charge in [-0.2, -0.15) is 0 Å². The molecule has 0 heterocycles. The van der Waals surface area contributed by atoms with E-state index in [0.29, 0.717) is 11.0 Å². The molecular formula is C13H29N4O10P. The third kappa shape index (κ3) is 35.0. The second-order valence-corrected chi connectivity index (χ2v) is 7.41. The molecule has 166 valence electrons. The Bertz CT molecular complexity index is 548. The number of esters is 1. The molecule has 0 bridgehead atoms. The van der Waals surface area contributed by atoms with E-state index in [-0.39, 0.29) is 18.9 Å². The van der Waals surface area contributed by atoms with Gasteiger partial charge in [0.1, 0.15) is 13.1 Å². The SMILES string of the molecule is CC(=O)O[C@H](CC(=O)O)C[N+](C)(C)C.CN(CC(=O)O)C(=N)N.O=P([O-])(O)O. The molecule has 0 fully saturated rings. The van der Waals surface area contributed by atoms with Crippen LogP contribution in [-0.4, -0.2) is 101 Å². The van der Waals surface area contributed by atoms with Crippen molar-refractivity contribution in [3.05, 3.63) is 0 Å². The first kappa shape index (κ1) is 30.5. The van der Waals surface area contributed by atoms with Crippen LogP contribution in [0.5, 0.6) is 0 Å². The summed E-state index contributed by atoms with van der Waals surface area (Å²) in [4.78, 5) is 55.1. The van der Waals surface area contributed by atoms with Crippen LogP contribution in [0.1, 0.15) is 13.3 Å². The van der Waals surface area contributed by atoms with Crippen LogP contribution < -0.4 is 10.6 Å². The van der Waals surface area contributed by atoms with Crippen molar-refractivity contribution in [2.24, 2.45) is 5.73 Å². The number of rotatable bonds is 7. The number of carboxylic acid groups (broad SMARTS) is 2. The number of nitrogens with two attached hydrogens (primary N) is 1. The van der Waals surface area contributed by atoms with Crippen LogP contribution in [0.15, 0.2) is 0 Å². The highest BCUT2D eigenvalue weighted by atomic mass is 31.2. The van der Waals surface area contributed by atoms with Crippen molar-refractivity contribution in [1.29, 1.82) is 5.41 Å². The summed E-state index contributed by atoms with van der Waals surface area (Å²) in [7, 11) is 2.30. The Labute approximate surface area is 162 Å². The number of quaternary nitrogens is 1. The molecule has 0 aliphatic heterocycles. The van der Waals surface area contributed by atoms with Gasteiger partial charge in [-0.25, -0.2) is 0 Å². The van der Waals surface area contributed by atoms with E-state index in [9.17, 15) is 14.4 Å². The number of aliphatic carboxylic acids is 2. The number of nitrogens with zero attached hydrogens (tertiary/aromatic N) is 2. The Morgan fingerprint density at radius 3 is 1.79 bits per heavy atom. The minimum atomic E-state index is -4.89. The monoisotopic (exact) mass is 432 g/mol. The van der Waals surface area contributed by atoms with Crippen molar-refractivity contribution in [1.82, 2.24) is 4.90 Å². The highest BCUT2D eigenvalue weighted by Crippen LogP contribution is 2.18. The summed E-state index contributed by atoms with van der Waals surface area (Å²) in [5.41, 5.74) is 4.93. The Morgan fingerprint density at radius 1 is 1.21 bits per heavy atom. The van der Waals surface area contributed by atoms with E-state index in [2.05, 4.69) is 0 Å². The molecule has 0 rings (SSSR count). The molecule has 28 heavy (non-hydrogen) atoms. The molecule has 0 amide bonds. The zero-order valence-electron chi connectivity index (χ0n) is 16.4. The van der Waals surface area contributed by atoms with E-state index in [4.69, 9.17) is 45.3 Å². The van der Waals surface area contributed by atoms with Gasteiger partial charge >= 0.3 is 17.9 Å². The Hall–Kier alpha value is -2.25. The lowest BCUT2D eigenvalue weighted by Crippen LogP contribution is -2.43. The number of carbonyl (C=O) groups excluding carboxylic acids is 1. The van der Waals surface area contributed by atoms with Gasteiger partial charge in [0.15, 0.2) is 12.1 Å². The zero-order valence-corrected chi connectivity index (χ0v) is 17.3. The average Bonchev–Trinajstić information content (AvgIpc) is 2.32. The van der Waals surface area contributed by atoms with Crippen LogP contribution in [-0.2, 0) is 23.7 Å². The van der Waals surface area contributed by atoms with Crippen molar-refractivity contribution in [3.8, 4) is 0 Å². The van der Waals surface area contributed by atoms with Gasteiger partial charge in [-0.15, -0.1) is 0 Å². The summed E-state index contributed by atoms with van der Waals surface area (Å²) < 4.78 is 14.2. The maximum Gasteiger partial charge on any atom is 0.323 e. The van der Waals surface area contributed by atoms with Gasteiger partial charge in [0, 0.05) is 14.0 Å². The fourth-order valence-electron chi connectivity index (χ4n) is 1.47. The maximum absolute atomic E-state index is 10.7. The molecular weight excluding hydrogens is 403 g/mol. The van der Waals surface area contributed by atoms with E-state index < -0.39 is 31.8 Å². The quantitative estimate of drug-likeness (QED) is 0.0801. The van der Waals surface area contributed by atoms with Crippen molar-refractivity contribution in [2.45, 2.75) is 19.4 Å². The molecule has 15 heteroatoms. The predicted molar refractivity (Wildman–Crippen MR) is 94.9 cm³/mol. The van der Waals surface area contributed by atoms with E-state index in [1.54, 1.807) is 0 Å². The fourth-order valence-corrected chi connectivity index (χ4v) is 1.47. The summed E-state index contributed by atoms with van der Waals surface area (Å²) in [5.74, 6) is -2.63. The standard InChI is InChI=1S/C9H17NO4.C4H9N3O2.H3O4P/c1-7(11)14-8(5-9(12)13)6-10(2,3)4;1-7(4(5)6)2-3(8)9;1-5(2,3)4/h8H,5-6H2,1-4H3;2H2,1H3,(H3,5,6)(H,8,9);(H3,1,2,3,4)/t8-;;/m1../s1. The summed E-state index contributed by atoms with van der Waals surface area (Å²) in [6, 6.07) is 0. The Balaban J connectivity index is -0.000000381. The zero-order chi connectivity index (χ0) is 23.3. The second kappa shape index (κ2) is 13.8. The first-order valence-corrected chi connectivity index (χ1v) is 9.00. The maximum atomic E-state index is 10.7. The number of carboxylic acids is 2. The minimum Gasteiger partial charge on any atom is -0.756 e. The number of ether oxygens (including phenoxy) is 1. The molecule has 0 spiro atoms. The molecule has 0 aromatic heterocycles. The summed E-state index contributed by atoms with van der Waals surface area (Å²) in [6.07, 6.45) is -0.695. The van der Waals surface area contributed by atoms with Gasteiger partial charge in [-0.05, 0) is 0 Å². The van der Waals surface area contributed by atoms with E-state index in [1.807, 2.05) is 21.1 Å². The summed E-state index contributed by atoms with van der Waals surface area (Å²) in [6.45, 7) is 1.55. The number of hydrogen-bond donors (Lipinski definition) is 6. The molecule has 7 N–H and O–H groups in total. The normalized spacial score (nSPS) is 11.6. The van der Waals surface area contributed by atoms with Crippen LogP contribution >= 0.6 is 7.82 Å². The van der Waals surface area contributed by atoms with Crippen LogP contribution in [0.2, 0.25) is 0 Å². The molecule has 0 saturated carbocycles. The molecule has 0 aromatic carbocycles. The summed E-state index contributed by atoms with van der Waals surface area (Å²) in [5, 5.41) is 23.5. The van der Waals surface area contributed by atoms with Crippen LogP contribution in [0.3, 0.4) is 0 Å². The number of likely N-dealkylation sites (N-methyl/N-ethyl adjacent to an activating group) is 2. The van der Waals surface area contributed by atoms with Gasteiger partial charge in [0.25, 0.3) is 7.82 Å². The molecule has 0 unspecified atom stereocenters. The Kier molecular flexibility index (Phi) is 15.1. The van der Waals surface area contributed by atoms with Gasteiger partial charge in [0.2, 0.25) is 0 Å². The molecule has 0 radical (unpaired) electrons. The van der Waals surface area contributed by atoms with Crippen molar-refractivity contribution in [3.63, 3.8) is 0 Å². The number of nitrogens with one attached hydrogen (secondary N) is 1. The lowest BCUT2D eigenvalue weighted by molar-refractivity contribution is -0.873. The molecule has 0 aliphatic carbocycles. The topological polar surface area (TPSA) is 235 Å².